The van der Waals surface area contributed by atoms with Gasteiger partial charge in [0.05, 0.1) is 19.8 Å². The smallest absolute Gasteiger partial charge is 0.276 e. The van der Waals surface area contributed by atoms with Crippen molar-refractivity contribution >= 4 is 17.2 Å². The van der Waals surface area contributed by atoms with E-state index in [1.54, 1.807) is 42.5 Å². The van der Waals surface area contributed by atoms with Crippen LogP contribution in [-0.2, 0) is 0 Å². The van der Waals surface area contributed by atoms with Crippen LogP contribution in [0.15, 0.2) is 42.5 Å². The molecule has 0 N–H and O–H groups in total. The fourth-order valence-electron chi connectivity index (χ4n) is 2.41. The molecule has 0 spiro atoms. The second-order valence-electron chi connectivity index (χ2n) is 4.56. The molecule has 2 aromatic carbocycles. The number of ketones is 1. The lowest BCUT2D eigenvalue weighted by molar-refractivity contribution is -0.355. The Hall–Kier alpha value is -2.82. The van der Waals surface area contributed by atoms with Crippen molar-refractivity contribution in [2.24, 2.45) is 0 Å². The average molecular weight is 283 g/mol. The van der Waals surface area contributed by atoms with Gasteiger partial charge >= 0.3 is 0 Å². The van der Waals surface area contributed by atoms with Gasteiger partial charge in [0.15, 0.2) is 0 Å². The van der Waals surface area contributed by atoms with Gasteiger partial charge in [-0.3, -0.25) is 4.79 Å². The molecule has 0 amide bonds. The maximum absolute atomic E-state index is 12.6. The Bertz CT molecular complexity index is 765. The molecular weight excluding hydrogens is 270 g/mol. The van der Waals surface area contributed by atoms with Crippen LogP contribution in [0, 0.1) is 5.21 Å². The molecule has 3 rings (SSSR count). The first kappa shape index (κ1) is 13.2. The second kappa shape index (κ2) is 4.94. The molecule has 0 radical (unpaired) electrons. The van der Waals surface area contributed by atoms with Crippen LogP contribution in [0.4, 0.5) is 5.69 Å². The molecule has 0 atom stereocenters. The van der Waals surface area contributed by atoms with Crippen LogP contribution in [0.5, 0.6) is 11.5 Å². The van der Waals surface area contributed by atoms with Crippen LogP contribution >= 0.6 is 0 Å². The summed E-state index contributed by atoms with van der Waals surface area (Å²) in [6.45, 7) is 0. The highest BCUT2D eigenvalue weighted by atomic mass is 16.5. The number of fused-ring (bicyclic) bond motifs is 1. The summed E-state index contributed by atoms with van der Waals surface area (Å²) in [5.41, 5.74) is 1.21. The summed E-state index contributed by atoms with van der Waals surface area (Å²) in [5.74, 6) is 0.696. The second-order valence-corrected chi connectivity index (χ2v) is 4.56. The molecule has 0 fully saturated rings. The van der Waals surface area contributed by atoms with Gasteiger partial charge in [-0.05, 0) is 24.3 Å². The van der Waals surface area contributed by atoms with Crippen molar-refractivity contribution < 1.29 is 19.0 Å². The monoisotopic (exact) mass is 283 g/mol. The normalized spacial score (nSPS) is 13.3. The number of ether oxygens (including phenoxy) is 2. The van der Waals surface area contributed by atoms with Gasteiger partial charge in [0.1, 0.15) is 17.1 Å². The van der Waals surface area contributed by atoms with Gasteiger partial charge in [0.2, 0.25) is 5.69 Å². The minimum Gasteiger partial charge on any atom is -0.618 e. The summed E-state index contributed by atoms with van der Waals surface area (Å²) in [5, 5.41) is 12.4. The van der Waals surface area contributed by atoms with Crippen LogP contribution in [0.1, 0.15) is 15.9 Å². The van der Waals surface area contributed by atoms with Gasteiger partial charge in [-0.2, -0.15) is 4.74 Å². The molecule has 0 aliphatic carbocycles. The minimum absolute atomic E-state index is 0.0655. The Morgan fingerprint density at radius 1 is 1.00 bits per heavy atom. The summed E-state index contributed by atoms with van der Waals surface area (Å²) in [7, 11) is 3.02. The van der Waals surface area contributed by atoms with Gasteiger partial charge in [-0.15, -0.1) is 0 Å². The fraction of sp³-hybridized carbons (Fsp3) is 0.125. The van der Waals surface area contributed by atoms with E-state index in [4.69, 9.17) is 9.47 Å². The predicted octanol–water partition coefficient (Wildman–Crippen LogP) is 2.53. The molecule has 21 heavy (non-hydrogen) atoms. The Morgan fingerprint density at radius 2 is 1.76 bits per heavy atom. The Morgan fingerprint density at radius 3 is 2.48 bits per heavy atom. The van der Waals surface area contributed by atoms with Crippen molar-refractivity contribution in [3.8, 4) is 11.5 Å². The third-order valence-corrected chi connectivity index (χ3v) is 3.45. The van der Waals surface area contributed by atoms with Crippen molar-refractivity contribution in [3.05, 3.63) is 58.8 Å². The van der Waals surface area contributed by atoms with Crippen LogP contribution in [0.3, 0.4) is 0 Å². The van der Waals surface area contributed by atoms with Crippen molar-refractivity contribution in [1.29, 1.82) is 0 Å². The first-order valence-corrected chi connectivity index (χ1v) is 6.37. The molecule has 106 valence electrons. The first-order valence-electron chi connectivity index (χ1n) is 6.37. The van der Waals surface area contributed by atoms with E-state index in [1.165, 1.54) is 14.2 Å². The number of rotatable bonds is 3. The van der Waals surface area contributed by atoms with Crippen LogP contribution in [0.2, 0.25) is 0 Å². The Balaban J connectivity index is 2.18. The van der Waals surface area contributed by atoms with Crippen molar-refractivity contribution in [1.82, 2.24) is 0 Å². The fourth-order valence-corrected chi connectivity index (χ4v) is 2.41. The van der Waals surface area contributed by atoms with E-state index in [1.807, 2.05) is 0 Å². The molecule has 0 saturated heterocycles. The molecule has 0 aromatic heterocycles. The highest BCUT2D eigenvalue weighted by Gasteiger charge is 2.38. The largest absolute Gasteiger partial charge is 0.618 e. The standard InChI is InChI=1S/C16H13NO4/c1-20-10-7-8-13-12(9-10)16(18)15(17(13)19)11-5-3-4-6-14(11)21-2/h3-9H,1-2H3. The Kier molecular flexibility index (Phi) is 3.10. The maximum Gasteiger partial charge on any atom is 0.276 e. The predicted molar refractivity (Wildman–Crippen MR) is 77.7 cm³/mol. The van der Waals surface area contributed by atoms with Crippen LogP contribution in [-0.4, -0.2) is 30.5 Å². The van der Waals surface area contributed by atoms with Crippen molar-refractivity contribution in [2.45, 2.75) is 0 Å². The van der Waals surface area contributed by atoms with E-state index in [0.717, 1.165) is 0 Å². The molecule has 2 aromatic rings. The number of hydrogen-bond donors (Lipinski definition) is 0. The quantitative estimate of drug-likeness (QED) is 0.641. The van der Waals surface area contributed by atoms with E-state index in [9.17, 15) is 10.0 Å². The number of nitrogens with zero attached hydrogens (tertiary/aromatic N) is 1. The highest BCUT2D eigenvalue weighted by molar-refractivity contribution is 6.52. The van der Waals surface area contributed by atoms with Crippen LogP contribution in [0.25, 0.3) is 0 Å². The van der Waals surface area contributed by atoms with Crippen LogP contribution < -0.4 is 9.47 Å². The zero-order valence-corrected chi connectivity index (χ0v) is 11.6. The number of carbonyl (C=O) groups excluding carboxylic acids is 1. The molecule has 0 unspecified atom stereocenters. The number of para-hydroxylation sites is 1. The number of carbonyl (C=O) groups is 1. The van der Waals surface area contributed by atoms with E-state index >= 15 is 0 Å². The third-order valence-electron chi connectivity index (χ3n) is 3.45. The van der Waals surface area contributed by atoms with Crippen molar-refractivity contribution in [2.75, 3.05) is 14.2 Å². The van der Waals surface area contributed by atoms with Gasteiger partial charge in [-0.25, -0.2) is 0 Å². The third kappa shape index (κ3) is 1.94. The average Bonchev–Trinajstić information content (AvgIpc) is 2.78. The Labute approximate surface area is 121 Å². The van der Waals surface area contributed by atoms with E-state index in [0.29, 0.717) is 33.1 Å². The van der Waals surface area contributed by atoms with Gasteiger partial charge < -0.3 is 14.7 Å². The lowest BCUT2D eigenvalue weighted by atomic mass is 10.0. The summed E-state index contributed by atoms with van der Waals surface area (Å²) in [6, 6.07) is 11.8. The summed E-state index contributed by atoms with van der Waals surface area (Å²) >= 11 is 0. The lowest BCUT2D eigenvalue weighted by Crippen LogP contribution is -2.17. The van der Waals surface area contributed by atoms with Gasteiger partial charge in [-0.1, -0.05) is 12.1 Å². The lowest BCUT2D eigenvalue weighted by Gasteiger charge is -2.06. The zero-order valence-electron chi connectivity index (χ0n) is 11.6. The van der Waals surface area contributed by atoms with Gasteiger partial charge in [0, 0.05) is 6.07 Å². The summed E-state index contributed by atoms with van der Waals surface area (Å²) in [4.78, 5) is 12.6. The molecule has 1 aliphatic heterocycles. The highest BCUT2D eigenvalue weighted by Crippen LogP contribution is 2.33. The molecule has 1 aliphatic rings. The molecule has 5 heteroatoms. The van der Waals surface area contributed by atoms with E-state index in [-0.39, 0.29) is 11.5 Å². The summed E-state index contributed by atoms with van der Waals surface area (Å²) < 4.78 is 11.0. The minimum atomic E-state index is -0.330. The number of methoxy groups -OCH3 is 2. The molecule has 1 heterocycles. The molecular formula is C16H13NO4. The molecule has 0 saturated carbocycles. The van der Waals surface area contributed by atoms with E-state index in [2.05, 4.69) is 0 Å². The van der Waals surface area contributed by atoms with E-state index < -0.39 is 0 Å². The number of hydrogen-bond acceptors (Lipinski definition) is 4. The maximum atomic E-state index is 12.6. The topological polar surface area (TPSA) is 61.6 Å². The number of Topliss-reactive ketones (excluding diaryl/α,β-unsaturated/α-hetero) is 1. The van der Waals surface area contributed by atoms with Crippen molar-refractivity contribution in [3.63, 3.8) is 0 Å². The molecule has 5 nitrogen and oxygen atoms in total. The SMILES string of the molecule is COc1ccc2c(c1)C(=O)C(c1ccccc1OC)=[N+]2[O-]. The molecule has 0 bridgehead atoms. The summed E-state index contributed by atoms with van der Waals surface area (Å²) in [6.07, 6.45) is 0. The first-order chi connectivity index (χ1) is 10.2. The zero-order chi connectivity index (χ0) is 15.0. The van der Waals surface area contributed by atoms with Gasteiger partial charge in [0.25, 0.3) is 11.5 Å². The number of benzene rings is 2.